The Hall–Kier alpha value is -2.44. The molecule has 2 aliphatic rings. The van der Waals surface area contributed by atoms with E-state index in [9.17, 15) is 19.9 Å². The summed E-state index contributed by atoms with van der Waals surface area (Å²) in [5.74, 6) is -1.62. The van der Waals surface area contributed by atoms with Crippen LogP contribution in [-0.2, 0) is 18.3 Å². The second-order valence-electron chi connectivity index (χ2n) is 8.30. The molecule has 1 unspecified atom stereocenters. The lowest BCUT2D eigenvalue weighted by Crippen LogP contribution is -2.46. The van der Waals surface area contributed by atoms with Crippen molar-refractivity contribution >= 4 is 24.4 Å². The molecule has 2 aliphatic heterocycles. The first-order chi connectivity index (χ1) is 15.7. The molecule has 0 saturated carbocycles. The fraction of sp³-hybridized carbons (Fsp3) is 0.450. The van der Waals surface area contributed by atoms with E-state index in [0.717, 1.165) is 0 Å². The van der Waals surface area contributed by atoms with Crippen LogP contribution in [0.3, 0.4) is 0 Å². The minimum absolute atomic E-state index is 0.0645. The van der Waals surface area contributed by atoms with Gasteiger partial charge in [0.05, 0.1) is 18.1 Å². The average molecular weight is 477 g/mol. The lowest BCUT2D eigenvalue weighted by Gasteiger charge is -2.35. The predicted octanol–water partition coefficient (Wildman–Crippen LogP) is 1.11. The normalized spacial score (nSPS) is 35.6. The third kappa shape index (κ3) is 3.64. The highest BCUT2D eigenvalue weighted by Crippen LogP contribution is 2.61. The van der Waals surface area contributed by atoms with E-state index in [0.29, 0.717) is 23.0 Å². The summed E-state index contributed by atoms with van der Waals surface area (Å²) in [5, 5.41) is 33.5. The number of fused-ring (bicyclic) bond motifs is 1. The van der Waals surface area contributed by atoms with Crippen LogP contribution in [0.4, 0.5) is 5.82 Å². The molecule has 3 aromatic heterocycles. The highest BCUT2D eigenvalue weighted by molar-refractivity contribution is 7.54. The van der Waals surface area contributed by atoms with Crippen LogP contribution in [0.2, 0.25) is 0 Å². The maximum Gasteiger partial charge on any atom is 0.362 e. The predicted molar refractivity (Wildman–Crippen MR) is 115 cm³/mol. The first-order valence-corrected chi connectivity index (χ1v) is 12.0. The highest BCUT2D eigenvalue weighted by Gasteiger charge is 2.60. The number of nitrogen functional groups attached to an aromatic ring is 1. The Bertz CT molecular complexity index is 1210. The van der Waals surface area contributed by atoms with Crippen molar-refractivity contribution in [2.24, 2.45) is 0 Å². The van der Waals surface area contributed by atoms with E-state index in [4.69, 9.17) is 19.5 Å². The Morgan fingerprint density at radius 3 is 2.94 bits per heavy atom. The van der Waals surface area contributed by atoms with Gasteiger partial charge in [-0.15, -0.1) is 0 Å². The minimum atomic E-state index is -4.15. The van der Waals surface area contributed by atoms with E-state index in [-0.39, 0.29) is 12.4 Å². The number of rotatable bonds is 4. The Labute approximate surface area is 188 Å². The Morgan fingerprint density at radius 2 is 2.18 bits per heavy atom. The summed E-state index contributed by atoms with van der Waals surface area (Å²) in [6.45, 7) is 1.41. The summed E-state index contributed by atoms with van der Waals surface area (Å²) >= 11 is 0. The van der Waals surface area contributed by atoms with E-state index < -0.39 is 43.6 Å². The van der Waals surface area contributed by atoms with Crippen LogP contribution in [0, 0.1) is 0 Å². The Kier molecular flexibility index (Phi) is 5.49. The molecule has 0 radical (unpaired) electrons. The van der Waals surface area contributed by atoms with Gasteiger partial charge in [-0.2, -0.15) is 0 Å². The number of aliphatic hydroxyl groups excluding tert-OH is 2. The van der Waals surface area contributed by atoms with Gasteiger partial charge in [0.25, 0.3) is 0 Å². The van der Waals surface area contributed by atoms with Crippen LogP contribution in [0.25, 0.3) is 11.0 Å². The summed E-state index contributed by atoms with van der Waals surface area (Å²) in [4.78, 5) is 12.1. The van der Waals surface area contributed by atoms with Gasteiger partial charge < -0.3 is 34.9 Å². The molecule has 7 atom stereocenters. The molecule has 5 rings (SSSR count). The van der Waals surface area contributed by atoms with Crippen molar-refractivity contribution in [2.75, 3.05) is 12.3 Å². The van der Waals surface area contributed by atoms with Gasteiger partial charge in [0.1, 0.15) is 35.6 Å². The average Bonchev–Trinajstić information content (AvgIpc) is 3.33. The number of aliphatic hydroxyl groups is 3. The first kappa shape index (κ1) is 22.4. The molecule has 0 amide bonds. The standard InChI is InChI=1S/C20H24N5O7P/c1-20(28)15(26)14(31-19(20)25-7-4-12-16(21)23-10-24-17(12)25)18(27)33(29)30-8-5-13(32-33)11-3-2-6-22-9-11/h2-4,6-7,9-10,13-15,18-19,26-28H,5,8H2,1H3,(H2,21,23,24)/t13-,14-,15+,18?,19+,20+,33+/m0/s1. The van der Waals surface area contributed by atoms with Gasteiger partial charge in [0.15, 0.2) is 12.1 Å². The maximum absolute atomic E-state index is 13.5. The Balaban J connectivity index is 1.43. The van der Waals surface area contributed by atoms with E-state index in [1.807, 2.05) is 0 Å². The quantitative estimate of drug-likeness (QED) is 0.396. The number of nitrogens with two attached hydrogens (primary N) is 1. The van der Waals surface area contributed by atoms with E-state index >= 15 is 0 Å². The molecule has 5 N–H and O–H groups in total. The molecule has 0 spiro atoms. The second kappa shape index (κ2) is 8.10. The van der Waals surface area contributed by atoms with Crippen LogP contribution in [0.1, 0.15) is 31.2 Å². The molecule has 0 aliphatic carbocycles. The molecular weight excluding hydrogens is 453 g/mol. The number of hydrogen-bond acceptors (Lipinski definition) is 11. The lowest BCUT2D eigenvalue weighted by atomic mass is 9.96. The third-order valence-electron chi connectivity index (χ3n) is 6.09. The zero-order valence-electron chi connectivity index (χ0n) is 17.6. The molecule has 0 aromatic carbocycles. The second-order valence-corrected chi connectivity index (χ2v) is 10.4. The first-order valence-electron chi connectivity index (χ1n) is 10.4. The topological polar surface area (TPSA) is 175 Å². The van der Waals surface area contributed by atoms with Crippen molar-refractivity contribution in [1.29, 1.82) is 0 Å². The fourth-order valence-electron chi connectivity index (χ4n) is 4.26. The number of nitrogens with zero attached hydrogens (tertiary/aromatic N) is 4. The third-order valence-corrected chi connectivity index (χ3v) is 8.12. The minimum Gasteiger partial charge on any atom is -0.387 e. The van der Waals surface area contributed by atoms with Crippen molar-refractivity contribution in [3.8, 4) is 0 Å². The zero-order chi connectivity index (χ0) is 23.4. The van der Waals surface area contributed by atoms with E-state index in [1.165, 1.54) is 17.8 Å². The zero-order valence-corrected chi connectivity index (χ0v) is 18.5. The molecule has 2 fully saturated rings. The van der Waals surface area contributed by atoms with Crippen molar-refractivity contribution in [3.63, 3.8) is 0 Å². The molecular formula is C20H24N5O7P. The number of aromatic nitrogens is 4. The van der Waals surface area contributed by atoms with Crippen LogP contribution >= 0.6 is 7.60 Å². The van der Waals surface area contributed by atoms with Crippen LogP contribution in [-0.4, -0.2) is 65.1 Å². The molecule has 13 heteroatoms. The molecule has 3 aromatic rings. The van der Waals surface area contributed by atoms with Crippen molar-refractivity contribution in [1.82, 2.24) is 19.5 Å². The summed E-state index contributed by atoms with van der Waals surface area (Å²) in [6.07, 6.45) is 1.55. The molecule has 0 bridgehead atoms. The van der Waals surface area contributed by atoms with Crippen LogP contribution in [0.15, 0.2) is 43.1 Å². The largest absolute Gasteiger partial charge is 0.387 e. The van der Waals surface area contributed by atoms with Gasteiger partial charge >= 0.3 is 7.60 Å². The van der Waals surface area contributed by atoms with Gasteiger partial charge in [-0.05, 0) is 24.6 Å². The number of ether oxygens (including phenoxy) is 1. The molecule has 2 saturated heterocycles. The number of pyridine rings is 1. The van der Waals surface area contributed by atoms with Gasteiger partial charge in [0.2, 0.25) is 0 Å². The molecule has 12 nitrogen and oxygen atoms in total. The Morgan fingerprint density at radius 1 is 1.36 bits per heavy atom. The maximum atomic E-state index is 13.5. The smallest absolute Gasteiger partial charge is 0.362 e. The van der Waals surface area contributed by atoms with E-state index in [1.54, 1.807) is 36.8 Å². The summed E-state index contributed by atoms with van der Waals surface area (Å²) < 4.78 is 31.9. The molecule has 33 heavy (non-hydrogen) atoms. The van der Waals surface area contributed by atoms with Gasteiger partial charge in [-0.1, -0.05) is 6.07 Å². The SMILES string of the molecule is C[C@@]1(O)[C@H](O)[C@@H](C(O)[P@@]2(=O)OCC[C@@H](c3cccnc3)O2)O[C@H]1n1ccc2c(N)ncnc21. The monoisotopic (exact) mass is 477 g/mol. The van der Waals surface area contributed by atoms with Crippen LogP contribution < -0.4 is 5.73 Å². The molecule has 5 heterocycles. The lowest BCUT2D eigenvalue weighted by molar-refractivity contribution is -0.0973. The van der Waals surface area contributed by atoms with Gasteiger partial charge in [-0.3, -0.25) is 14.1 Å². The summed E-state index contributed by atoms with van der Waals surface area (Å²) in [6, 6.07) is 5.14. The van der Waals surface area contributed by atoms with Gasteiger partial charge in [-0.25, -0.2) is 9.97 Å². The van der Waals surface area contributed by atoms with Crippen molar-refractivity contribution in [2.45, 2.75) is 49.3 Å². The summed E-state index contributed by atoms with van der Waals surface area (Å²) in [7, 11) is -4.15. The number of hydrogen-bond donors (Lipinski definition) is 4. The van der Waals surface area contributed by atoms with Gasteiger partial charge in [0, 0.05) is 25.0 Å². The number of anilines is 1. The summed E-state index contributed by atoms with van der Waals surface area (Å²) in [5.41, 5.74) is 5.05. The van der Waals surface area contributed by atoms with E-state index in [2.05, 4.69) is 15.0 Å². The highest BCUT2D eigenvalue weighted by atomic mass is 31.2. The van der Waals surface area contributed by atoms with Crippen molar-refractivity contribution in [3.05, 3.63) is 48.7 Å². The fourth-order valence-corrected chi connectivity index (χ4v) is 6.13. The van der Waals surface area contributed by atoms with Crippen molar-refractivity contribution < 1.29 is 33.7 Å². The van der Waals surface area contributed by atoms with Crippen LogP contribution in [0.5, 0.6) is 0 Å². The molecule has 176 valence electrons.